The third-order valence-corrected chi connectivity index (χ3v) is 4.43. The minimum atomic E-state index is 0.112. The zero-order valence-electron chi connectivity index (χ0n) is 12.4. The fraction of sp³-hybridized carbons (Fsp3) is 0.529. The summed E-state index contributed by atoms with van der Waals surface area (Å²) in [6, 6.07) is 10.9. The first-order chi connectivity index (χ1) is 9.57. The molecule has 20 heavy (non-hydrogen) atoms. The van der Waals surface area contributed by atoms with Gasteiger partial charge in [0.25, 0.3) is 0 Å². The number of rotatable bonds is 4. The van der Waals surface area contributed by atoms with Gasteiger partial charge in [-0.1, -0.05) is 32.0 Å². The normalized spacial score (nSPS) is 23.2. The number of benzene rings is 1. The molecule has 2 atom stereocenters. The summed E-state index contributed by atoms with van der Waals surface area (Å²) in [6.45, 7) is 5.25. The van der Waals surface area contributed by atoms with Gasteiger partial charge in [-0.05, 0) is 36.8 Å². The zero-order valence-corrected chi connectivity index (χ0v) is 12.4. The van der Waals surface area contributed by atoms with E-state index in [1.165, 1.54) is 19.3 Å². The highest BCUT2D eigenvalue weighted by atomic mass is 16.3. The lowest BCUT2D eigenvalue weighted by Crippen LogP contribution is -2.35. The van der Waals surface area contributed by atoms with Crippen LogP contribution in [0.5, 0.6) is 0 Å². The van der Waals surface area contributed by atoms with E-state index in [0.29, 0.717) is 18.0 Å². The van der Waals surface area contributed by atoms with Gasteiger partial charge < -0.3 is 15.5 Å². The molecule has 108 valence electrons. The Balaban J connectivity index is 1.76. The zero-order chi connectivity index (χ0) is 14.2. The second kappa shape index (κ2) is 5.23. The van der Waals surface area contributed by atoms with E-state index in [0.717, 1.165) is 16.7 Å². The molecule has 1 fully saturated rings. The van der Waals surface area contributed by atoms with Gasteiger partial charge in [-0.2, -0.15) is 0 Å². The standard InChI is InChI=1S/C17H24N2O/c1-17(2)8-7-13(10-17)19-14(11-18)16-9-12-5-3-4-6-15(12)20-16/h3-6,9,13-14,19H,7-8,10-11,18H2,1-2H3. The summed E-state index contributed by atoms with van der Waals surface area (Å²) in [5, 5.41) is 4.83. The van der Waals surface area contributed by atoms with Crippen molar-refractivity contribution in [2.24, 2.45) is 11.1 Å². The largest absolute Gasteiger partial charge is 0.459 e. The average molecular weight is 272 g/mol. The first-order valence-corrected chi connectivity index (χ1v) is 7.52. The smallest absolute Gasteiger partial charge is 0.134 e. The van der Waals surface area contributed by atoms with Crippen LogP contribution in [0.1, 0.15) is 44.9 Å². The van der Waals surface area contributed by atoms with E-state index in [4.69, 9.17) is 10.2 Å². The van der Waals surface area contributed by atoms with E-state index < -0.39 is 0 Å². The third kappa shape index (κ3) is 2.74. The van der Waals surface area contributed by atoms with Crippen molar-refractivity contribution in [1.82, 2.24) is 5.32 Å². The van der Waals surface area contributed by atoms with Crippen LogP contribution in [0.3, 0.4) is 0 Å². The highest BCUT2D eigenvalue weighted by Crippen LogP contribution is 2.38. The van der Waals surface area contributed by atoms with Crippen LogP contribution in [-0.4, -0.2) is 12.6 Å². The van der Waals surface area contributed by atoms with E-state index in [-0.39, 0.29) is 6.04 Å². The summed E-state index contributed by atoms with van der Waals surface area (Å²) in [5.41, 5.74) is 7.34. The predicted molar refractivity (Wildman–Crippen MR) is 82.6 cm³/mol. The molecule has 3 N–H and O–H groups in total. The topological polar surface area (TPSA) is 51.2 Å². The monoisotopic (exact) mass is 272 g/mol. The first kappa shape index (κ1) is 13.7. The van der Waals surface area contributed by atoms with E-state index >= 15 is 0 Å². The van der Waals surface area contributed by atoms with E-state index in [2.05, 4.69) is 31.3 Å². The second-order valence-corrected chi connectivity index (χ2v) is 6.75. The van der Waals surface area contributed by atoms with Crippen LogP contribution in [0.25, 0.3) is 11.0 Å². The lowest BCUT2D eigenvalue weighted by atomic mass is 9.92. The van der Waals surface area contributed by atoms with Crippen molar-refractivity contribution < 1.29 is 4.42 Å². The summed E-state index contributed by atoms with van der Waals surface area (Å²) in [7, 11) is 0. The summed E-state index contributed by atoms with van der Waals surface area (Å²) >= 11 is 0. The molecule has 3 rings (SSSR count). The van der Waals surface area contributed by atoms with Crippen molar-refractivity contribution in [3.63, 3.8) is 0 Å². The van der Waals surface area contributed by atoms with Crippen LogP contribution in [0, 0.1) is 5.41 Å². The van der Waals surface area contributed by atoms with Crippen LogP contribution in [0.2, 0.25) is 0 Å². The number of furan rings is 1. The fourth-order valence-corrected chi connectivity index (χ4v) is 3.30. The molecule has 1 saturated carbocycles. The number of fused-ring (bicyclic) bond motifs is 1. The van der Waals surface area contributed by atoms with Crippen LogP contribution < -0.4 is 11.1 Å². The predicted octanol–water partition coefficient (Wildman–Crippen LogP) is 3.60. The fourth-order valence-electron chi connectivity index (χ4n) is 3.30. The Hall–Kier alpha value is -1.32. The number of para-hydroxylation sites is 1. The minimum Gasteiger partial charge on any atom is -0.459 e. The third-order valence-electron chi connectivity index (χ3n) is 4.43. The Kier molecular flexibility index (Phi) is 3.57. The number of hydrogen-bond donors (Lipinski definition) is 2. The van der Waals surface area contributed by atoms with Crippen molar-refractivity contribution in [1.29, 1.82) is 0 Å². The summed E-state index contributed by atoms with van der Waals surface area (Å²) < 4.78 is 5.94. The molecular weight excluding hydrogens is 248 g/mol. The Morgan fingerprint density at radius 2 is 2.20 bits per heavy atom. The van der Waals surface area contributed by atoms with Gasteiger partial charge in [-0.3, -0.25) is 0 Å². The molecule has 1 aromatic carbocycles. The van der Waals surface area contributed by atoms with Gasteiger partial charge in [0.15, 0.2) is 0 Å². The summed E-state index contributed by atoms with van der Waals surface area (Å²) in [6.07, 6.45) is 3.72. The quantitative estimate of drug-likeness (QED) is 0.894. The maximum atomic E-state index is 5.95. The molecule has 0 amide bonds. The van der Waals surface area contributed by atoms with Gasteiger partial charge in [0.05, 0.1) is 6.04 Å². The van der Waals surface area contributed by atoms with Gasteiger partial charge in [0.1, 0.15) is 11.3 Å². The lowest BCUT2D eigenvalue weighted by Gasteiger charge is -2.22. The number of hydrogen-bond acceptors (Lipinski definition) is 3. The van der Waals surface area contributed by atoms with Crippen LogP contribution >= 0.6 is 0 Å². The Bertz CT molecular complexity index is 554. The molecular formula is C17H24N2O. The van der Waals surface area contributed by atoms with Crippen molar-refractivity contribution >= 4 is 11.0 Å². The second-order valence-electron chi connectivity index (χ2n) is 6.75. The summed E-state index contributed by atoms with van der Waals surface area (Å²) in [5.74, 6) is 0.957. The highest BCUT2D eigenvalue weighted by Gasteiger charge is 2.32. The lowest BCUT2D eigenvalue weighted by molar-refractivity contribution is 0.340. The minimum absolute atomic E-state index is 0.112. The number of nitrogens with two attached hydrogens (primary N) is 1. The maximum Gasteiger partial charge on any atom is 0.134 e. The van der Waals surface area contributed by atoms with Crippen molar-refractivity contribution in [3.05, 3.63) is 36.1 Å². The molecule has 0 bridgehead atoms. The van der Waals surface area contributed by atoms with E-state index in [1.807, 2.05) is 18.2 Å². The molecule has 3 heteroatoms. The SMILES string of the molecule is CC1(C)CCC(NC(CN)c2cc3ccccc3o2)C1. The molecule has 1 aliphatic rings. The molecule has 0 radical (unpaired) electrons. The van der Waals surface area contributed by atoms with E-state index in [9.17, 15) is 0 Å². The Morgan fingerprint density at radius 1 is 1.40 bits per heavy atom. The average Bonchev–Trinajstić information content (AvgIpc) is 2.98. The highest BCUT2D eigenvalue weighted by molar-refractivity contribution is 5.77. The van der Waals surface area contributed by atoms with Crippen LogP contribution in [-0.2, 0) is 0 Å². The molecule has 2 unspecified atom stereocenters. The summed E-state index contributed by atoms with van der Waals surface area (Å²) in [4.78, 5) is 0. The van der Waals surface area contributed by atoms with Crippen molar-refractivity contribution in [2.75, 3.05) is 6.54 Å². The van der Waals surface area contributed by atoms with Gasteiger partial charge in [0.2, 0.25) is 0 Å². The van der Waals surface area contributed by atoms with Crippen molar-refractivity contribution in [3.8, 4) is 0 Å². The molecule has 0 saturated heterocycles. The van der Waals surface area contributed by atoms with Crippen molar-refractivity contribution in [2.45, 2.75) is 45.2 Å². The molecule has 3 nitrogen and oxygen atoms in total. The molecule has 1 heterocycles. The number of nitrogens with one attached hydrogen (secondary N) is 1. The van der Waals surface area contributed by atoms with Gasteiger partial charge >= 0.3 is 0 Å². The molecule has 2 aromatic rings. The van der Waals surface area contributed by atoms with E-state index in [1.54, 1.807) is 0 Å². The van der Waals surface area contributed by atoms with Gasteiger partial charge in [-0.25, -0.2) is 0 Å². The maximum absolute atomic E-state index is 5.95. The van der Waals surface area contributed by atoms with Gasteiger partial charge in [-0.15, -0.1) is 0 Å². The van der Waals surface area contributed by atoms with Gasteiger partial charge in [0, 0.05) is 18.0 Å². The van der Waals surface area contributed by atoms with Crippen LogP contribution in [0.4, 0.5) is 0 Å². The molecule has 1 aromatic heterocycles. The van der Waals surface area contributed by atoms with Crippen LogP contribution in [0.15, 0.2) is 34.7 Å². The molecule has 0 aliphatic heterocycles. The Labute approximate surface area is 120 Å². The Morgan fingerprint density at radius 3 is 2.85 bits per heavy atom. The molecule has 0 spiro atoms. The first-order valence-electron chi connectivity index (χ1n) is 7.52. The molecule has 1 aliphatic carbocycles.